The molecular weight excluding hydrogens is 248 g/mol. The Morgan fingerprint density at radius 2 is 1.50 bits per heavy atom. The first-order valence-electron chi connectivity index (χ1n) is 7.70. The topological polar surface area (TPSA) is 15.7 Å². The summed E-state index contributed by atoms with van der Waals surface area (Å²) in [6.07, 6.45) is 0. The molecule has 0 bridgehead atoms. The molecule has 1 aliphatic rings. The number of benzene rings is 1. The van der Waals surface area contributed by atoms with Crippen molar-refractivity contribution in [1.29, 1.82) is 0 Å². The van der Waals surface area contributed by atoms with Crippen LogP contribution in [0.2, 0.25) is 0 Å². The monoisotopic (exact) mass is 280 g/mol. The van der Waals surface area contributed by atoms with Crippen molar-refractivity contribution in [2.24, 2.45) is 0 Å². The molecule has 1 heterocycles. The number of hydrogen-bond donors (Lipinski definition) is 0. The number of likely N-dealkylation sites (N-methyl/N-ethyl adjacent to an activating group) is 1. The van der Waals surface area contributed by atoms with Gasteiger partial charge in [0.05, 0.1) is 0 Å². The maximum absolute atomic E-state index is 4.54. The number of rotatable bonds is 3. The Bertz CT molecular complexity index is 293. The van der Waals surface area contributed by atoms with Crippen molar-refractivity contribution >= 4 is 0 Å². The molecule has 0 saturated carbocycles. The summed E-state index contributed by atoms with van der Waals surface area (Å²) in [6.45, 7) is 12.7. The zero-order valence-electron chi connectivity index (χ0n) is 13.9. The van der Waals surface area contributed by atoms with Gasteiger partial charge >= 0.3 is 0 Å². The van der Waals surface area contributed by atoms with E-state index < -0.39 is 0 Å². The van der Waals surface area contributed by atoms with Gasteiger partial charge in [0.1, 0.15) is 0 Å². The third-order valence-electron chi connectivity index (χ3n) is 3.13. The van der Waals surface area contributed by atoms with Crippen LogP contribution in [0, 0.1) is 0 Å². The van der Waals surface area contributed by atoms with Gasteiger partial charge in [0, 0.05) is 46.4 Å². The van der Waals surface area contributed by atoms with Crippen LogP contribution in [0.15, 0.2) is 30.3 Å². The van der Waals surface area contributed by atoms with E-state index in [0.717, 1.165) is 13.2 Å². The zero-order valence-corrected chi connectivity index (χ0v) is 13.9. The van der Waals surface area contributed by atoms with Gasteiger partial charge in [-0.1, -0.05) is 44.2 Å². The second-order valence-corrected chi connectivity index (χ2v) is 4.64. The van der Waals surface area contributed by atoms with Crippen LogP contribution in [0.25, 0.3) is 0 Å². The maximum atomic E-state index is 4.54. The fourth-order valence-corrected chi connectivity index (χ4v) is 1.85. The minimum Gasteiger partial charge on any atom is -0.385 e. The molecule has 1 aromatic carbocycles. The standard InChI is InChI=1S/C12H18N2.C3H8O.C2H6/c1-13-7-9-14(10-8-13)11-12-5-3-2-4-6-12;1-3-4-2;1-2/h2-6H,7-11H2,1H3;3H2,1-2H3;1-2H3. The Morgan fingerprint density at radius 3 is 1.95 bits per heavy atom. The molecule has 0 atom stereocenters. The quantitative estimate of drug-likeness (QED) is 0.846. The Labute approximate surface area is 125 Å². The number of hydrogen-bond acceptors (Lipinski definition) is 3. The first-order chi connectivity index (χ1) is 9.76. The summed E-state index contributed by atoms with van der Waals surface area (Å²) in [6, 6.07) is 10.7. The molecule has 0 unspecified atom stereocenters. The average molecular weight is 280 g/mol. The van der Waals surface area contributed by atoms with Crippen LogP contribution in [0.4, 0.5) is 0 Å². The molecule has 3 nitrogen and oxygen atoms in total. The molecule has 1 fully saturated rings. The highest BCUT2D eigenvalue weighted by atomic mass is 16.5. The lowest BCUT2D eigenvalue weighted by Gasteiger charge is -2.32. The second-order valence-electron chi connectivity index (χ2n) is 4.64. The van der Waals surface area contributed by atoms with Gasteiger partial charge in [-0.3, -0.25) is 4.90 Å². The van der Waals surface area contributed by atoms with Gasteiger partial charge in [-0.05, 0) is 19.5 Å². The smallest absolute Gasteiger partial charge is 0.0433 e. The molecule has 3 heteroatoms. The fourth-order valence-electron chi connectivity index (χ4n) is 1.85. The lowest BCUT2D eigenvalue weighted by Crippen LogP contribution is -2.43. The third-order valence-corrected chi connectivity index (χ3v) is 3.13. The van der Waals surface area contributed by atoms with Gasteiger partial charge in [-0.15, -0.1) is 0 Å². The minimum atomic E-state index is 0.819. The molecule has 0 amide bonds. The van der Waals surface area contributed by atoms with Gasteiger partial charge < -0.3 is 9.64 Å². The highest BCUT2D eigenvalue weighted by Gasteiger charge is 2.13. The van der Waals surface area contributed by atoms with Gasteiger partial charge in [-0.2, -0.15) is 0 Å². The molecule has 0 radical (unpaired) electrons. The molecule has 1 aromatic rings. The molecule has 1 saturated heterocycles. The van der Waals surface area contributed by atoms with Crippen molar-refractivity contribution in [2.75, 3.05) is 46.9 Å². The van der Waals surface area contributed by atoms with Crippen LogP contribution in [0.5, 0.6) is 0 Å². The van der Waals surface area contributed by atoms with Crippen LogP contribution < -0.4 is 0 Å². The van der Waals surface area contributed by atoms with Crippen LogP contribution in [-0.2, 0) is 11.3 Å². The van der Waals surface area contributed by atoms with Crippen LogP contribution >= 0.6 is 0 Å². The van der Waals surface area contributed by atoms with E-state index >= 15 is 0 Å². The van der Waals surface area contributed by atoms with E-state index in [4.69, 9.17) is 0 Å². The summed E-state index contributed by atoms with van der Waals surface area (Å²) in [5.41, 5.74) is 1.43. The molecule has 0 aromatic heterocycles. The van der Waals surface area contributed by atoms with E-state index in [-0.39, 0.29) is 0 Å². The Hall–Kier alpha value is -0.900. The lowest BCUT2D eigenvalue weighted by atomic mass is 10.2. The van der Waals surface area contributed by atoms with E-state index in [9.17, 15) is 0 Å². The number of nitrogens with zero attached hydrogens (tertiary/aromatic N) is 2. The Balaban J connectivity index is 0.000000521. The summed E-state index contributed by atoms with van der Waals surface area (Å²) >= 11 is 0. The Morgan fingerprint density at radius 1 is 1.00 bits per heavy atom. The molecule has 0 N–H and O–H groups in total. The molecule has 0 aliphatic carbocycles. The normalized spacial score (nSPS) is 15.7. The van der Waals surface area contributed by atoms with Crippen LogP contribution in [-0.4, -0.2) is 56.7 Å². The van der Waals surface area contributed by atoms with E-state index in [2.05, 4.69) is 51.9 Å². The first kappa shape index (κ1) is 19.1. The average Bonchev–Trinajstić information content (AvgIpc) is 2.53. The second kappa shape index (κ2) is 13.1. The summed E-state index contributed by atoms with van der Waals surface area (Å²) in [5, 5.41) is 0. The summed E-state index contributed by atoms with van der Waals surface area (Å²) in [5.74, 6) is 0. The molecule has 116 valence electrons. The summed E-state index contributed by atoms with van der Waals surface area (Å²) in [4.78, 5) is 4.91. The summed E-state index contributed by atoms with van der Waals surface area (Å²) in [7, 11) is 3.87. The molecule has 0 spiro atoms. The summed E-state index contributed by atoms with van der Waals surface area (Å²) < 4.78 is 4.54. The highest BCUT2D eigenvalue weighted by molar-refractivity contribution is 5.14. The number of ether oxygens (including phenoxy) is 1. The highest BCUT2D eigenvalue weighted by Crippen LogP contribution is 2.06. The van der Waals surface area contributed by atoms with Gasteiger partial charge in [-0.25, -0.2) is 0 Å². The Kier molecular flexibility index (Phi) is 12.5. The van der Waals surface area contributed by atoms with Crippen molar-refractivity contribution in [3.05, 3.63) is 35.9 Å². The van der Waals surface area contributed by atoms with Gasteiger partial charge in [0.2, 0.25) is 0 Å². The molecular formula is C17H32N2O. The van der Waals surface area contributed by atoms with Crippen molar-refractivity contribution in [3.63, 3.8) is 0 Å². The predicted molar refractivity (Wildman–Crippen MR) is 88.1 cm³/mol. The van der Waals surface area contributed by atoms with E-state index in [1.54, 1.807) is 7.11 Å². The zero-order chi connectivity index (χ0) is 15.2. The maximum Gasteiger partial charge on any atom is 0.0433 e. The van der Waals surface area contributed by atoms with Crippen molar-refractivity contribution in [2.45, 2.75) is 27.3 Å². The van der Waals surface area contributed by atoms with E-state index in [1.807, 2.05) is 20.8 Å². The number of methoxy groups -OCH3 is 1. The van der Waals surface area contributed by atoms with Gasteiger partial charge in [0.15, 0.2) is 0 Å². The fraction of sp³-hybridized carbons (Fsp3) is 0.647. The minimum absolute atomic E-state index is 0.819. The molecule has 1 aliphatic heterocycles. The van der Waals surface area contributed by atoms with Crippen LogP contribution in [0.3, 0.4) is 0 Å². The third kappa shape index (κ3) is 9.08. The predicted octanol–water partition coefficient (Wildman–Crippen LogP) is 3.11. The van der Waals surface area contributed by atoms with E-state index in [1.165, 1.54) is 31.7 Å². The van der Waals surface area contributed by atoms with E-state index in [0.29, 0.717) is 0 Å². The molecule has 2 rings (SSSR count). The van der Waals surface area contributed by atoms with Gasteiger partial charge in [0.25, 0.3) is 0 Å². The number of piperazine rings is 1. The van der Waals surface area contributed by atoms with Crippen molar-refractivity contribution < 1.29 is 4.74 Å². The van der Waals surface area contributed by atoms with Crippen molar-refractivity contribution in [3.8, 4) is 0 Å². The largest absolute Gasteiger partial charge is 0.385 e. The lowest BCUT2D eigenvalue weighted by molar-refractivity contribution is 0.148. The first-order valence-corrected chi connectivity index (χ1v) is 7.70. The molecule has 20 heavy (non-hydrogen) atoms. The van der Waals surface area contributed by atoms with Crippen LogP contribution in [0.1, 0.15) is 26.3 Å². The SMILES string of the molecule is CC.CCOC.CN1CCN(Cc2ccccc2)CC1. The van der Waals surface area contributed by atoms with Crippen molar-refractivity contribution in [1.82, 2.24) is 9.80 Å².